The lowest BCUT2D eigenvalue weighted by molar-refractivity contribution is 0.0948. The highest BCUT2D eigenvalue weighted by Gasteiger charge is 2.16. The summed E-state index contributed by atoms with van der Waals surface area (Å²) in [4.78, 5) is 24.8. The predicted octanol–water partition coefficient (Wildman–Crippen LogP) is 1.00. The molecule has 2 aromatic rings. The molecular weight excluding hydrogens is 280 g/mol. The first-order valence-corrected chi connectivity index (χ1v) is 7.47. The molecule has 2 N–H and O–H groups in total. The number of rotatable bonds is 6. The third-order valence-corrected chi connectivity index (χ3v) is 3.28. The summed E-state index contributed by atoms with van der Waals surface area (Å²) in [6.07, 6.45) is 0. The van der Waals surface area contributed by atoms with Crippen molar-refractivity contribution < 1.29 is 4.79 Å². The molecule has 0 aliphatic carbocycles. The van der Waals surface area contributed by atoms with Crippen molar-refractivity contribution in [2.24, 2.45) is 5.92 Å². The summed E-state index contributed by atoms with van der Waals surface area (Å²) in [5, 5.41) is 11.2. The fraction of sp³-hybridized carbons (Fsp3) is 0.438. The van der Waals surface area contributed by atoms with Gasteiger partial charge in [0.1, 0.15) is 0 Å². The summed E-state index contributed by atoms with van der Waals surface area (Å²) in [6.45, 7) is 5.69. The number of hydrogen-bond acceptors (Lipinski definition) is 4. The molecule has 6 nitrogen and oxygen atoms in total. The van der Waals surface area contributed by atoms with E-state index in [4.69, 9.17) is 0 Å². The first kappa shape index (κ1) is 16.2. The fourth-order valence-corrected chi connectivity index (χ4v) is 2.26. The van der Waals surface area contributed by atoms with Crippen LogP contribution in [0.4, 0.5) is 0 Å². The van der Waals surface area contributed by atoms with Gasteiger partial charge in [0.05, 0.1) is 5.39 Å². The number of amides is 1. The van der Waals surface area contributed by atoms with Gasteiger partial charge in [-0.2, -0.15) is 5.10 Å². The Morgan fingerprint density at radius 2 is 1.91 bits per heavy atom. The number of aromatic nitrogens is 2. The van der Waals surface area contributed by atoms with Crippen LogP contribution in [0.3, 0.4) is 0 Å². The minimum absolute atomic E-state index is 0.156. The van der Waals surface area contributed by atoms with Crippen LogP contribution in [-0.4, -0.2) is 35.8 Å². The molecule has 0 atom stereocenters. The van der Waals surface area contributed by atoms with Crippen LogP contribution < -0.4 is 16.2 Å². The number of carbonyl (C=O) groups excluding carboxylic acids is 1. The van der Waals surface area contributed by atoms with Crippen LogP contribution in [0, 0.1) is 5.92 Å². The lowest BCUT2D eigenvalue weighted by Gasteiger charge is -2.12. The Labute approximate surface area is 129 Å². The molecular formula is C16H22N4O2. The molecule has 118 valence electrons. The van der Waals surface area contributed by atoms with E-state index in [9.17, 15) is 9.59 Å². The Bertz CT molecular complexity index is 722. The quantitative estimate of drug-likeness (QED) is 0.781. The lowest BCUT2D eigenvalue weighted by Crippen LogP contribution is -2.34. The molecule has 2 rings (SSSR count). The molecule has 0 saturated carbocycles. The molecule has 0 spiro atoms. The van der Waals surface area contributed by atoms with Gasteiger partial charge < -0.3 is 10.6 Å². The maximum absolute atomic E-state index is 12.5. The van der Waals surface area contributed by atoms with Crippen LogP contribution >= 0.6 is 0 Å². The van der Waals surface area contributed by atoms with Crippen molar-refractivity contribution >= 4 is 16.7 Å². The highest BCUT2D eigenvalue weighted by molar-refractivity contribution is 6.04. The van der Waals surface area contributed by atoms with E-state index >= 15 is 0 Å². The Balaban J connectivity index is 2.49. The van der Waals surface area contributed by atoms with Gasteiger partial charge in [-0.05, 0) is 19.0 Å². The standard InChI is InChI=1S/C16H22N4O2/c1-11(2)10-20-16(22)13-7-5-4-6-12(13)14(19-20)15(21)18-9-8-17-3/h4-7,11,17H,8-10H2,1-3H3,(H,18,21). The largest absolute Gasteiger partial charge is 0.349 e. The smallest absolute Gasteiger partial charge is 0.274 e. The maximum atomic E-state index is 12.5. The molecule has 22 heavy (non-hydrogen) atoms. The zero-order valence-corrected chi connectivity index (χ0v) is 13.2. The summed E-state index contributed by atoms with van der Waals surface area (Å²) in [5.41, 5.74) is 0.142. The van der Waals surface area contributed by atoms with Gasteiger partial charge >= 0.3 is 0 Å². The molecule has 0 bridgehead atoms. The fourth-order valence-electron chi connectivity index (χ4n) is 2.26. The third kappa shape index (κ3) is 3.51. The van der Waals surface area contributed by atoms with Crippen LogP contribution in [0.25, 0.3) is 10.8 Å². The van der Waals surface area contributed by atoms with Gasteiger partial charge in [-0.1, -0.05) is 32.0 Å². The van der Waals surface area contributed by atoms with Crippen molar-refractivity contribution in [3.05, 3.63) is 40.3 Å². The average molecular weight is 302 g/mol. The molecule has 1 aromatic heterocycles. The van der Waals surface area contributed by atoms with Gasteiger partial charge in [0.25, 0.3) is 11.5 Å². The van der Waals surface area contributed by atoms with E-state index in [0.717, 1.165) is 0 Å². The van der Waals surface area contributed by atoms with Crippen LogP contribution in [0.15, 0.2) is 29.1 Å². The van der Waals surface area contributed by atoms with Crippen LogP contribution in [0.1, 0.15) is 24.3 Å². The molecule has 1 heterocycles. The van der Waals surface area contributed by atoms with Crippen molar-refractivity contribution in [1.82, 2.24) is 20.4 Å². The van der Waals surface area contributed by atoms with Gasteiger partial charge in [0.15, 0.2) is 5.69 Å². The topological polar surface area (TPSA) is 76.0 Å². The Morgan fingerprint density at radius 1 is 1.23 bits per heavy atom. The average Bonchev–Trinajstić information content (AvgIpc) is 2.50. The Kier molecular flexibility index (Phi) is 5.27. The van der Waals surface area contributed by atoms with E-state index in [1.807, 2.05) is 20.9 Å². The summed E-state index contributed by atoms with van der Waals surface area (Å²) in [5.74, 6) is 0.00974. The van der Waals surface area contributed by atoms with E-state index in [-0.39, 0.29) is 17.4 Å². The van der Waals surface area contributed by atoms with Crippen molar-refractivity contribution in [3.63, 3.8) is 0 Å². The lowest BCUT2D eigenvalue weighted by atomic mass is 10.1. The molecule has 0 fully saturated rings. The number of carbonyl (C=O) groups is 1. The number of likely N-dealkylation sites (N-methyl/N-ethyl adjacent to an activating group) is 1. The van der Waals surface area contributed by atoms with Crippen LogP contribution in [-0.2, 0) is 6.54 Å². The van der Waals surface area contributed by atoms with Crippen molar-refractivity contribution in [2.45, 2.75) is 20.4 Å². The van der Waals surface area contributed by atoms with Gasteiger partial charge in [-0.3, -0.25) is 9.59 Å². The molecule has 0 unspecified atom stereocenters. The Morgan fingerprint density at radius 3 is 2.55 bits per heavy atom. The number of benzene rings is 1. The number of nitrogens with one attached hydrogen (secondary N) is 2. The van der Waals surface area contributed by atoms with Crippen LogP contribution in [0.5, 0.6) is 0 Å². The summed E-state index contributed by atoms with van der Waals surface area (Å²) >= 11 is 0. The zero-order valence-electron chi connectivity index (χ0n) is 13.2. The molecule has 1 aromatic carbocycles. The molecule has 0 saturated heterocycles. The number of hydrogen-bond donors (Lipinski definition) is 2. The minimum atomic E-state index is -0.260. The van der Waals surface area contributed by atoms with Crippen molar-refractivity contribution in [1.29, 1.82) is 0 Å². The molecule has 0 aliphatic rings. The summed E-state index contributed by atoms with van der Waals surface area (Å²) in [7, 11) is 1.82. The Hall–Kier alpha value is -2.21. The van der Waals surface area contributed by atoms with E-state index < -0.39 is 0 Å². The first-order chi connectivity index (χ1) is 10.5. The van der Waals surface area contributed by atoms with Crippen LogP contribution in [0.2, 0.25) is 0 Å². The van der Waals surface area contributed by atoms with E-state index in [1.54, 1.807) is 24.3 Å². The molecule has 6 heteroatoms. The normalized spacial score (nSPS) is 11.1. The minimum Gasteiger partial charge on any atom is -0.349 e. The predicted molar refractivity (Wildman–Crippen MR) is 87.1 cm³/mol. The number of fused-ring (bicyclic) bond motifs is 1. The van der Waals surface area contributed by atoms with E-state index in [2.05, 4.69) is 15.7 Å². The first-order valence-electron chi connectivity index (χ1n) is 7.47. The second-order valence-electron chi connectivity index (χ2n) is 5.63. The monoisotopic (exact) mass is 302 g/mol. The SMILES string of the molecule is CNCCNC(=O)c1nn(CC(C)C)c(=O)c2ccccc12. The molecule has 0 aliphatic heterocycles. The summed E-state index contributed by atoms with van der Waals surface area (Å²) < 4.78 is 1.39. The second-order valence-corrected chi connectivity index (χ2v) is 5.63. The zero-order chi connectivity index (χ0) is 16.1. The highest BCUT2D eigenvalue weighted by atomic mass is 16.2. The maximum Gasteiger partial charge on any atom is 0.274 e. The second kappa shape index (κ2) is 7.17. The van der Waals surface area contributed by atoms with Crippen molar-refractivity contribution in [2.75, 3.05) is 20.1 Å². The van der Waals surface area contributed by atoms with Gasteiger partial charge in [-0.15, -0.1) is 0 Å². The molecule has 0 radical (unpaired) electrons. The van der Waals surface area contributed by atoms with Crippen molar-refractivity contribution in [3.8, 4) is 0 Å². The highest BCUT2D eigenvalue weighted by Crippen LogP contribution is 2.13. The van der Waals surface area contributed by atoms with Gasteiger partial charge in [0.2, 0.25) is 0 Å². The van der Waals surface area contributed by atoms with Gasteiger partial charge in [0, 0.05) is 25.0 Å². The van der Waals surface area contributed by atoms with E-state index in [0.29, 0.717) is 36.1 Å². The van der Waals surface area contributed by atoms with E-state index in [1.165, 1.54) is 4.68 Å². The van der Waals surface area contributed by atoms with Gasteiger partial charge in [-0.25, -0.2) is 4.68 Å². The molecule has 1 amide bonds. The number of nitrogens with zero attached hydrogens (tertiary/aromatic N) is 2. The third-order valence-electron chi connectivity index (χ3n) is 3.28. The summed E-state index contributed by atoms with van der Waals surface area (Å²) in [6, 6.07) is 7.10.